The van der Waals surface area contributed by atoms with E-state index in [1.807, 2.05) is 18.2 Å². The predicted molar refractivity (Wildman–Crippen MR) is 85.0 cm³/mol. The summed E-state index contributed by atoms with van der Waals surface area (Å²) in [5.74, 6) is 0.0393. The SMILES string of the molecule is CNC(=O)c1ccccc1NC(=O)C(C)Oc1ccccc1. The van der Waals surface area contributed by atoms with Gasteiger partial charge in [-0.1, -0.05) is 30.3 Å². The molecule has 0 heterocycles. The fraction of sp³-hybridized carbons (Fsp3) is 0.176. The number of nitrogens with one attached hydrogen (secondary N) is 2. The number of benzene rings is 2. The molecule has 22 heavy (non-hydrogen) atoms. The van der Waals surface area contributed by atoms with Gasteiger partial charge in [0.05, 0.1) is 11.3 Å². The van der Waals surface area contributed by atoms with Gasteiger partial charge in [0.15, 0.2) is 6.10 Å². The summed E-state index contributed by atoms with van der Waals surface area (Å²) in [4.78, 5) is 24.0. The van der Waals surface area contributed by atoms with E-state index < -0.39 is 6.10 Å². The number of amides is 2. The van der Waals surface area contributed by atoms with Crippen molar-refractivity contribution in [3.63, 3.8) is 0 Å². The van der Waals surface area contributed by atoms with Crippen LogP contribution in [-0.2, 0) is 4.79 Å². The highest BCUT2D eigenvalue weighted by Gasteiger charge is 2.17. The zero-order valence-corrected chi connectivity index (χ0v) is 12.5. The van der Waals surface area contributed by atoms with Crippen LogP contribution in [0.5, 0.6) is 5.75 Å². The number of rotatable bonds is 5. The van der Waals surface area contributed by atoms with Crippen LogP contribution in [0.2, 0.25) is 0 Å². The van der Waals surface area contributed by atoms with Gasteiger partial charge in [-0.15, -0.1) is 0 Å². The molecule has 0 aliphatic carbocycles. The lowest BCUT2D eigenvalue weighted by Crippen LogP contribution is -2.31. The summed E-state index contributed by atoms with van der Waals surface area (Å²) in [7, 11) is 1.54. The zero-order valence-electron chi connectivity index (χ0n) is 12.5. The maximum atomic E-state index is 12.2. The lowest BCUT2D eigenvalue weighted by molar-refractivity contribution is -0.122. The lowest BCUT2D eigenvalue weighted by Gasteiger charge is -2.16. The molecular formula is C17H18N2O3. The highest BCUT2D eigenvalue weighted by molar-refractivity contribution is 6.04. The van der Waals surface area contributed by atoms with E-state index in [1.165, 1.54) is 0 Å². The van der Waals surface area contributed by atoms with Crippen molar-refractivity contribution < 1.29 is 14.3 Å². The van der Waals surface area contributed by atoms with Crippen LogP contribution in [-0.4, -0.2) is 25.0 Å². The van der Waals surface area contributed by atoms with Gasteiger partial charge in [0.2, 0.25) is 0 Å². The van der Waals surface area contributed by atoms with Crippen LogP contribution in [0, 0.1) is 0 Å². The fourth-order valence-corrected chi connectivity index (χ4v) is 1.92. The predicted octanol–water partition coefficient (Wildman–Crippen LogP) is 2.45. The maximum Gasteiger partial charge on any atom is 0.265 e. The molecule has 1 atom stereocenters. The molecule has 0 bridgehead atoms. The smallest absolute Gasteiger partial charge is 0.265 e. The first-order valence-electron chi connectivity index (χ1n) is 6.95. The van der Waals surface area contributed by atoms with E-state index in [9.17, 15) is 9.59 Å². The van der Waals surface area contributed by atoms with Crippen molar-refractivity contribution in [1.82, 2.24) is 5.32 Å². The Hall–Kier alpha value is -2.82. The number of para-hydroxylation sites is 2. The summed E-state index contributed by atoms with van der Waals surface area (Å²) in [5, 5.41) is 5.26. The van der Waals surface area contributed by atoms with Gasteiger partial charge in [0.1, 0.15) is 5.75 Å². The third kappa shape index (κ3) is 3.85. The van der Waals surface area contributed by atoms with Gasteiger partial charge in [0.25, 0.3) is 11.8 Å². The molecule has 2 aromatic carbocycles. The molecule has 5 heteroatoms. The Morgan fingerprint density at radius 3 is 2.32 bits per heavy atom. The number of anilines is 1. The molecular weight excluding hydrogens is 280 g/mol. The average molecular weight is 298 g/mol. The first-order valence-corrected chi connectivity index (χ1v) is 6.95. The van der Waals surface area contributed by atoms with Crippen molar-refractivity contribution in [2.24, 2.45) is 0 Å². The first kappa shape index (κ1) is 15.6. The third-order valence-corrected chi connectivity index (χ3v) is 3.08. The molecule has 5 nitrogen and oxygen atoms in total. The highest BCUT2D eigenvalue weighted by atomic mass is 16.5. The van der Waals surface area contributed by atoms with Crippen molar-refractivity contribution >= 4 is 17.5 Å². The van der Waals surface area contributed by atoms with Gasteiger partial charge < -0.3 is 15.4 Å². The second kappa shape index (κ2) is 7.26. The van der Waals surface area contributed by atoms with E-state index in [-0.39, 0.29) is 11.8 Å². The van der Waals surface area contributed by atoms with E-state index in [0.29, 0.717) is 17.0 Å². The summed E-state index contributed by atoms with van der Waals surface area (Å²) in [5.41, 5.74) is 0.862. The van der Waals surface area contributed by atoms with Gasteiger partial charge in [0, 0.05) is 7.05 Å². The van der Waals surface area contributed by atoms with Gasteiger partial charge in [-0.3, -0.25) is 9.59 Å². The Balaban J connectivity index is 2.07. The van der Waals surface area contributed by atoms with Crippen molar-refractivity contribution in [3.05, 3.63) is 60.2 Å². The van der Waals surface area contributed by atoms with Gasteiger partial charge >= 0.3 is 0 Å². The van der Waals surface area contributed by atoms with E-state index in [2.05, 4.69) is 10.6 Å². The molecule has 0 aliphatic rings. The fourth-order valence-electron chi connectivity index (χ4n) is 1.92. The summed E-state index contributed by atoms with van der Waals surface area (Å²) in [6.07, 6.45) is -0.680. The van der Waals surface area contributed by atoms with Gasteiger partial charge in [-0.25, -0.2) is 0 Å². The lowest BCUT2D eigenvalue weighted by atomic mass is 10.1. The van der Waals surface area contributed by atoms with Crippen LogP contribution in [0.25, 0.3) is 0 Å². The van der Waals surface area contributed by atoms with Crippen LogP contribution < -0.4 is 15.4 Å². The standard InChI is InChI=1S/C17H18N2O3/c1-12(22-13-8-4-3-5-9-13)16(20)19-15-11-7-6-10-14(15)17(21)18-2/h3-12H,1-2H3,(H,18,21)(H,19,20). The number of carbonyl (C=O) groups excluding carboxylic acids is 2. The van der Waals surface area contributed by atoms with E-state index in [0.717, 1.165) is 0 Å². The Bertz CT molecular complexity index is 656. The zero-order chi connectivity index (χ0) is 15.9. The second-order valence-corrected chi connectivity index (χ2v) is 4.69. The summed E-state index contributed by atoms with van der Waals surface area (Å²) in [6, 6.07) is 15.9. The Kier molecular flexibility index (Phi) is 5.14. The summed E-state index contributed by atoms with van der Waals surface area (Å²) >= 11 is 0. The van der Waals surface area contributed by atoms with Crippen LogP contribution in [0.15, 0.2) is 54.6 Å². The van der Waals surface area contributed by atoms with E-state index >= 15 is 0 Å². The van der Waals surface area contributed by atoms with Gasteiger partial charge in [-0.05, 0) is 31.2 Å². The highest BCUT2D eigenvalue weighted by Crippen LogP contribution is 2.16. The summed E-state index contributed by atoms with van der Waals surface area (Å²) in [6.45, 7) is 1.66. The summed E-state index contributed by atoms with van der Waals surface area (Å²) < 4.78 is 5.56. The molecule has 0 radical (unpaired) electrons. The van der Waals surface area contributed by atoms with Crippen molar-refractivity contribution in [1.29, 1.82) is 0 Å². The molecule has 0 saturated carbocycles. The molecule has 0 fully saturated rings. The average Bonchev–Trinajstić information content (AvgIpc) is 2.55. The molecule has 2 amide bonds. The number of carbonyl (C=O) groups is 2. The third-order valence-electron chi connectivity index (χ3n) is 3.08. The minimum atomic E-state index is -0.680. The molecule has 1 unspecified atom stereocenters. The molecule has 0 aliphatic heterocycles. The van der Waals surface area contributed by atoms with Gasteiger partial charge in [-0.2, -0.15) is 0 Å². The van der Waals surface area contributed by atoms with Crippen molar-refractivity contribution in [2.45, 2.75) is 13.0 Å². The molecule has 0 saturated heterocycles. The maximum absolute atomic E-state index is 12.2. The van der Waals surface area contributed by atoms with Crippen molar-refractivity contribution in [2.75, 3.05) is 12.4 Å². The Morgan fingerprint density at radius 1 is 1.00 bits per heavy atom. The van der Waals surface area contributed by atoms with Crippen LogP contribution in [0.4, 0.5) is 5.69 Å². The van der Waals surface area contributed by atoms with Crippen LogP contribution in [0.1, 0.15) is 17.3 Å². The molecule has 114 valence electrons. The topological polar surface area (TPSA) is 67.4 Å². The normalized spacial score (nSPS) is 11.4. The Morgan fingerprint density at radius 2 is 1.64 bits per heavy atom. The molecule has 2 N–H and O–H groups in total. The molecule has 0 aromatic heterocycles. The van der Waals surface area contributed by atoms with E-state index in [1.54, 1.807) is 50.4 Å². The number of ether oxygens (including phenoxy) is 1. The number of hydrogen-bond donors (Lipinski definition) is 2. The van der Waals surface area contributed by atoms with Crippen molar-refractivity contribution in [3.8, 4) is 5.75 Å². The van der Waals surface area contributed by atoms with Crippen LogP contribution >= 0.6 is 0 Å². The minimum absolute atomic E-state index is 0.257. The van der Waals surface area contributed by atoms with E-state index in [4.69, 9.17) is 4.74 Å². The number of hydrogen-bond acceptors (Lipinski definition) is 3. The largest absolute Gasteiger partial charge is 0.481 e. The Labute approximate surface area is 129 Å². The molecule has 2 aromatic rings. The monoisotopic (exact) mass is 298 g/mol. The van der Waals surface area contributed by atoms with Crippen LogP contribution in [0.3, 0.4) is 0 Å². The first-order chi connectivity index (χ1) is 10.6. The quantitative estimate of drug-likeness (QED) is 0.891. The molecule has 2 rings (SSSR count). The molecule has 0 spiro atoms. The second-order valence-electron chi connectivity index (χ2n) is 4.69. The minimum Gasteiger partial charge on any atom is -0.481 e.